The van der Waals surface area contributed by atoms with Gasteiger partial charge in [-0.1, -0.05) is 0 Å². The van der Waals surface area contributed by atoms with Crippen LogP contribution in [-0.4, -0.2) is 45.9 Å². The van der Waals surface area contributed by atoms with Gasteiger partial charge >= 0.3 is 0 Å². The predicted octanol–water partition coefficient (Wildman–Crippen LogP) is 2.67. The highest BCUT2D eigenvalue weighted by Gasteiger charge is 2.44. The van der Waals surface area contributed by atoms with E-state index in [0.717, 1.165) is 47.9 Å². The van der Waals surface area contributed by atoms with Crippen molar-refractivity contribution in [3.05, 3.63) is 17.8 Å². The van der Waals surface area contributed by atoms with Gasteiger partial charge in [0.1, 0.15) is 23.0 Å². The summed E-state index contributed by atoms with van der Waals surface area (Å²) in [6.45, 7) is 1.89. The van der Waals surface area contributed by atoms with Gasteiger partial charge in [-0.15, -0.1) is 11.3 Å². The van der Waals surface area contributed by atoms with Crippen molar-refractivity contribution in [2.75, 3.05) is 18.0 Å². The Morgan fingerprint density at radius 1 is 1.26 bits per heavy atom. The molecule has 1 aliphatic carbocycles. The molecule has 0 radical (unpaired) electrons. The van der Waals surface area contributed by atoms with E-state index >= 15 is 0 Å². The van der Waals surface area contributed by atoms with Gasteiger partial charge in [0.25, 0.3) is 0 Å². The smallest absolute Gasteiger partial charge is 0.245 e. The lowest BCUT2D eigenvalue weighted by Crippen LogP contribution is -2.48. The van der Waals surface area contributed by atoms with Gasteiger partial charge in [-0.2, -0.15) is 0 Å². The highest BCUT2D eigenvalue weighted by molar-refractivity contribution is 7.16. The van der Waals surface area contributed by atoms with Crippen molar-refractivity contribution in [2.24, 2.45) is 5.92 Å². The molecule has 0 unspecified atom stereocenters. The van der Waals surface area contributed by atoms with E-state index in [1.807, 2.05) is 0 Å². The number of hydrogen-bond acceptors (Lipinski definition) is 5. The van der Waals surface area contributed by atoms with Gasteiger partial charge in [0, 0.05) is 19.1 Å². The lowest BCUT2D eigenvalue weighted by Gasteiger charge is -2.33. The van der Waals surface area contributed by atoms with Gasteiger partial charge in [-0.25, -0.2) is 9.97 Å². The Hall–Kier alpha value is -1.69. The molecule has 1 saturated carbocycles. The Morgan fingerprint density at radius 2 is 2.22 bits per heavy atom. The molecule has 23 heavy (non-hydrogen) atoms. The maximum Gasteiger partial charge on any atom is 0.245 e. The van der Waals surface area contributed by atoms with Gasteiger partial charge in [0.15, 0.2) is 0 Å². The summed E-state index contributed by atoms with van der Waals surface area (Å²) in [6.07, 6.45) is 7.37. The first-order valence-electron chi connectivity index (χ1n) is 8.56. The monoisotopic (exact) mass is 328 g/mol. The standard InChI is InChI=1S/C17H20N4OS/c22-17(21-9-11-3-4-12(21)8-11)14-2-1-6-20(14)15-13-5-7-23-16(13)19-10-18-15/h5,7,10-12,14H,1-4,6,8-9H2/t11-,12-,14-/m0/s1. The highest BCUT2D eigenvalue weighted by atomic mass is 32.1. The van der Waals surface area contributed by atoms with Crippen molar-refractivity contribution in [3.63, 3.8) is 0 Å². The van der Waals surface area contributed by atoms with Crippen LogP contribution in [0.5, 0.6) is 0 Å². The number of fused-ring (bicyclic) bond motifs is 3. The first-order chi connectivity index (χ1) is 11.3. The number of carbonyl (C=O) groups excluding carboxylic acids is 1. The SMILES string of the molecule is O=C([C@@H]1CCCN1c1ncnc2sccc12)N1C[C@H]2CC[C@H]1C2. The fraction of sp³-hybridized carbons (Fsp3) is 0.588. The van der Waals surface area contributed by atoms with E-state index in [1.54, 1.807) is 17.7 Å². The second-order valence-corrected chi connectivity index (χ2v) is 7.91. The molecule has 1 amide bonds. The molecule has 4 heterocycles. The molecule has 3 atom stereocenters. The zero-order valence-corrected chi connectivity index (χ0v) is 13.8. The van der Waals surface area contributed by atoms with E-state index in [0.29, 0.717) is 11.9 Å². The van der Waals surface area contributed by atoms with E-state index < -0.39 is 0 Å². The minimum atomic E-state index is -0.0349. The molecule has 3 aliphatic rings. The van der Waals surface area contributed by atoms with Crippen molar-refractivity contribution < 1.29 is 4.79 Å². The maximum atomic E-state index is 13.1. The molecule has 2 aromatic rings. The molecule has 6 heteroatoms. The van der Waals surface area contributed by atoms with E-state index in [2.05, 4.69) is 31.2 Å². The number of thiophene rings is 1. The number of aromatic nitrogens is 2. The van der Waals surface area contributed by atoms with Crippen molar-refractivity contribution in [1.29, 1.82) is 0 Å². The minimum Gasteiger partial charge on any atom is -0.344 e. The van der Waals surface area contributed by atoms with Crippen LogP contribution in [0.25, 0.3) is 10.2 Å². The van der Waals surface area contributed by atoms with Crippen molar-refractivity contribution in [1.82, 2.24) is 14.9 Å². The Balaban J connectivity index is 1.46. The average molecular weight is 328 g/mol. The fourth-order valence-corrected chi connectivity index (χ4v) is 5.40. The van der Waals surface area contributed by atoms with Gasteiger partial charge in [-0.05, 0) is 49.5 Å². The topological polar surface area (TPSA) is 49.3 Å². The van der Waals surface area contributed by atoms with Gasteiger partial charge in [-0.3, -0.25) is 4.79 Å². The zero-order valence-electron chi connectivity index (χ0n) is 13.0. The number of likely N-dealkylation sites (tertiary alicyclic amines) is 1. The van der Waals surface area contributed by atoms with Crippen LogP contribution in [0.4, 0.5) is 5.82 Å². The summed E-state index contributed by atoms with van der Waals surface area (Å²) in [4.78, 5) is 27.4. The van der Waals surface area contributed by atoms with Crippen molar-refractivity contribution >= 4 is 33.3 Å². The van der Waals surface area contributed by atoms with Crippen LogP contribution in [0.15, 0.2) is 17.8 Å². The van der Waals surface area contributed by atoms with Crippen LogP contribution in [-0.2, 0) is 4.79 Å². The quantitative estimate of drug-likeness (QED) is 0.850. The highest BCUT2D eigenvalue weighted by Crippen LogP contribution is 2.39. The first-order valence-corrected chi connectivity index (χ1v) is 9.44. The molecule has 0 N–H and O–H groups in total. The Morgan fingerprint density at radius 3 is 3.04 bits per heavy atom. The molecular weight excluding hydrogens is 308 g/mol. The number of anilines is 1. The molecule has 2 bridgehead atoms. The molecule has 5 rings (SSSR count). The van der Waals surface area contributed by atoms with Crippen LogP contribution in [0, 0.1) is 5.92 Å². The fourth-order valence-electron chi connectivity index (χ4n) is 4.67. The van der Waals surface area contributed by atoms with E-state index in [9.17, 15) is 4.79 Å². The largest absolute Gasteiger partial charge is 0.344 e. The molecule has 2 aliphatic heterocycles. The summed E-state index contributed by atoms with van der Waals surface area (Å²) >= 11 is 1.63. The summed E-state index contributed by atoms with van der Waals surface area (Å²) in [7, 11) is 0. The normalized spacial score (nSPS) is 29.8. The lowest BCUT2D eigenvalue weighted by atomic mass is 10.1. The van der Waals surface area contributed by atoms with E-state index in [1.165, 1.54) is 19.3 Å². The number of rotatable bonds is 2. The summed E-state index contributed by atoms with van der Waals surface area (Å²) in [5, 5.41) is 3.13. The lowest BCUT2D eigenvalue weighted by molar-refractivity contribution is -0.134. The van der Waals surface area contributed by atoms with Crippen LogP contribution >= 0.6 is 11.3 Å². The van der Waals surface area contributed by atoms with E-state index in [-0.39, 0.29) is 6.04 Å². The summed E-state index contributed by atoms with van der Waals surface area (Å²) in [5.74, 6) is 2.02. The van der Waals surface area contributed by atoms with Crippen LogP contribution < -0.4 is 4.90 Å². The molecule has 0 spiro atoms. The number of hydrogen-bond donors (Lipinski definition) is 0. The van der Waals surface area contributed by atoms with Crippen LogP contribution in [0.1, 0.15) is 32.1 Å². The molecule has 5 nitrogen and oxygen atoms in total. The number of carbonyl (C=O) groups is 1. The third-order valence-electron chi connectivity index (χ3n) is 5.74. The molecule has 2 aromatic heterocycles. The zero-order chi connectivity index (χ0) is 15.4. The number of amides is 1. The van der Waals surface area contributed by atoms with Gasteiger partial charge < -0.3 is 9.80 Å². The first kappa shape index (κ1) is 13.7. The number of piperidine rings is 1. The molecular formula is C17H20N4OS. The second kappa shape index (κ2) is 5.16. The summed E-state index contributed by atoms with van der Waals surface area (Å²) in [6, 6.07) is 2.54. The average Bonchev–Trinajstić information content (AvgIpc) is 3.36. The summed E-state index contributed by atoms with van der Waals surface area (Å²) < 4.78 is 0. The molecule has 120 valence electrons. The Bertz CT molecular complexity index is 760. The molecule has 0 aromatic carbocycles. The number of nitrogens with zero attached hydrogens (tertiary/aromatic N) is 4. The Kier molecular flexibility index (Phi) is 3.08. The van der Waals surface area contributed by atoms with E-state index in [4.69, 9.17) is 0 Å². The molecule has 3 fully saturated rings. The maximum absolute atomic E-state index is 13.1. The molecule has 2 saturated heterocycles. The van der Waals surface area contributed by atoms with Crippen molar-refractivity contribution in [2.45, 2.75) is 44.2 Å². The minimum absolute atomic E-state index is 0.0349. The van der Waals surface area contributed by atoms with Crippen molar-refractivity contribution in [3.8, 4) is 0 Å². The summed E-state index contributed by atoms with van der Waals surface area (Å²) in [5.41, 5.74) is 0. The predicted molar refractivity (Wildman–Crippen MR) is 90.6 cm³/mol. The van der Waals surface area contributed by atoms with Gasteiger partial charge in [0.05, 0.1) is 5.39 Å². The Labute approximate surface area is 139 Å². The van der Waals surface area contributed by atoms with Crippen LogP contribution in [0.3, 0.4) is 0 Å². The third kappa shape index (κ3) is 2.07. The third-order valence-corrected chi connectivity index (χ3v) is 6.56. The van der Waals surface area contributed by atoms with Crippen LogP contribution in [0.2, 0.25) is 0 Å². The second-order valence-electron chi connectivity index (χ2n) is 7.01. The van der Waals surface area contributed by atoms with Gasteiger partial charge in [0.2, 0.25) is 5.91 Å².